The van der Waals surface area contributed by atoms with Crippen molar-refractivity contribution < 1.29 is 4.74 Å². The molecule has 0 radical (unpaired) electrons. The largest absolute Gasteiger partial charge is 0.473 e. The van der Waals surface area contributed by atoms with E-state index in [1.807, 2.05) is 0 Å². The zero-order valence-electron chi connectivity index (χ0n) is 5.68. The molecule has 0 saturated carbocycles. The summed E-state index contributed by atoms with van der Waals surface area (Å²) in [4.78, 5) is 13.5. The van der Waals surface area contributed by atoms with Crippen LogP contribution in [0.2, 0.25) is 0 Å². The summed E-state index contributed by atoms with van der Waals surface area (Å²) >= 11 is 0. The van der Waals surface area contributed by atoms with Crippen LogP contribution in [0.25, 0.3) is 0 Å². The Hall–Kier alpha value is -1.58. The molecule has 56 valence electrons. The molecule has 0 fully saturated rings. The summed E-state index contributed by atoms with van der Waals surface area (Å²) in [5, 5.41) is 7.23. The lowest BCUT2D eigenvalue weighted by Crippen LogP contribution is -2.14. The molecule has 11 heavy (non-hydrogen) atoms. The lowest BCUT2D eigenvalue weighted by molar-refractivity contribution is 0.310. The van der Waals surface area contributed by atoms with Gasteiger partial charge in [-0.15, -0.1) is 0 Å². The van der Waals surface area contributed by atoms with Gasteiger partial charge in [-0.25, -0.2) is 0 Å². The molecular weight excluding hydrogens is 144 g/mol. The number of hydrogen-bond donors (Lipinski definition) is 2. The summed E-state index contributed by atoms with van der Waals surface area (Å²) in [6.07, 6.45) is 1.56. The molecule has 4 heteroatoms. The Labute approximate surface area is 62.3 Å². The fourth-order valence-electron chi connectivity index (χ4n) is 1.11. The number of rotatable bonds is 0. The van der Waals surface area contributed by atoms with E-state index in [4.69, 9.17) is 10.1 Å². The Morgan fingerprint density at radius 3 is 3.18 bits per heavy atom. The molecule has 2 N–H and O–H groups in total. The van der Waals surface area contributed by atoms with E-state index in [2.05, 4.69) is 4.98 Å². The maximum Gasteiger partial charge on any atom is 0.261 e. The third kappa shape index (κ3) is 0.756. The maximum absolute atomic E-state index is 11.0. The van der Waals surface area contributed by atoms with Gasteiger partial charge in [0.2, 0.25) is 5.90 Å². The van der Waals surface area contributed by atoms with Crippen LogP contribution in [0.5, 0.6) is 0 Å². The van der Waals surface area contributed by atoms with Crippen molar-refractivity contribution in [2.75, 3.05) is 0 Å². The van der Waals surface area contributed by atoms with Crippen molar-refractivity contribution in [2.24, 2.45) is 0 Å². The lowest BCUT2D eigenvalue weighted by Gasteiger charge is -1.90. The molecule has 0 saturated heterocycles. The first kappa shape index (κ1) is 6.15. The molecule has 1 aromatic rings. The van der Waals surface area contributed by atoms with Gasteiger partial charge in [-0.2, -0.15) is 0 Å². The van der Waals surface area contributed by atoms with Crippen molar-refractivity contribution in [3.8, 4) is 0 Å². The van der Waals surface area contributed by atoms with E-state index < -0.39 is 0 Å². The van der Waals surface area contributed by atoms with Gasteiger partial charge >= 0.3 is 0 Å². The molecule has 1 aliphatic rings. The van der Waals surface area contributed by atoms with Crippen LogP contribution in [0.3, 0.4) is 0 Å². The first-order chi connectivity index (χ1) is 5.29. The summed E-state index contributed by atoms with van der Waals surface area (Å²) < 4.78 is 4.87. The molecule has 0 aromatic carbocycles. The molecule has 0 spiro atoms. The lowest BCUT2D eigenvalue weighted by atomic mass is 10.2. The van der Waals surface area contributed by atoms with Crippen molar-refractivity contribution in [1.82, 2.24) is 4.98 Å². The molecule has 1 aliphatic heterocycles. The Bertz CT molecular complexity index is 367. The molecule has 4 nitrogen and oxygen atoms in total. The van der Waals surface area contributed by atoms with Crippen LogP contribution in [0.15, 0.2) is 17.1 Å². The second-order valence-corrected chi connectivity index (χ2v) is 2.32. The number of fused-ring (bicyclic) bond motifs is 1. The summed E-state index contributed by atoms with van der Waals surface area (Å²) in [5.74, 6) is -0.0261. The van der Waals surface area contributed by atoms with Crippen LogP contribution in [0, 0.1) is 5.41 Å². The third-order valence-electron chi connectivity index (χ3n) is 1.65. The van der Waals surface area contributed by atoms with Gasteiger partial charge in [-0.1, -0.05) is 0 Å². The molecule has 2 rings (SSSR count). The Balaban J connectivity index is 2.78. The maximum atomic E-state index is 11.0. The average Bonchev–Trinajstić information content (AvgIpc) is 2.34. The standard InChI is InChI=1S/C7H6N2O2/c8-6-5-4(3-11-6)1-2-9-7(5)10/h1-2,8H,3H2,(H,9,10). The fourth-order valence-corrected chi connectivity index (χ4v) is 1.11. The highest BCUT2D eigenvalue weighted by Crippen LogP contribution is 2.13. The first-order valence-electron chi connectivity index (χ1n) is 3.21. The zero-order valence-corrected chi connectivity index (χ0v) is 5.68. The van der Waals surface area contributed by atoms with E-state index in [9.17, 15) is 4.79 Å². The van der Waals surface area contributed by atoms with Gasteiger partial charge in [-0.3, -0.25) is 10.2 Å². The number of H-pyrrole nitrogens is 1. The van der Waals surface area contributed by atoms with E-state index in [-0.39, 0.29) is 11.5 Å². The fraction of sp³-hybridized carbons (Fsp3) is 0.143. The van der Waals surface area contributed by atoms with E-state index in [1.54, 1.807) is 12.3 Å². The number of hydrogen-bond acceptors (Lipinski definition) is 3. The van der Waals surface area contributed by atoms with Gasteiger partial charge < -0.3 is 9.72 Å². The van der Waals surface area contributed by atoms with Gasteiger partial charge in [0.25, 0.3) is 5.56 Å². The quantitative estimate of drug-likeness (QED) is 0.556. The number of ether oxygens (including phenoxy) is 1. The molecule has 1 aromatic heterocycles. The van der Waals surface area contributed by atoms with Crippen LogP contribution in [-0.4, -0.2) is 10.9 Å². The summed E-state index contributed by atoms with van der Waals surface area (Å²) in [6, 6.07) is 1.75. The number of aromatic nitrogens is 1. The molecule has 0 aliphatic carbocycles. The van der Waals surface area contributed by atoms with E-state index in [0.29, 0.717) is 12.2 Å². The number of nitrogens with one attached hydrogen (secondary N) is 2. The van der Waals surface area contributed by atoms with Crippen LogP contribution in [0.1, 0.15) is 11.1 Å². The summed E-state index contributed by atoms with van der Waals surface area (Å²) in [7, 11) is 0. The van der Waals surface area contributed by atoms with Crippen molar-refractivity contribution in [1.29, 1.82) is 5.41 Å². The Kier molecular flexibility index (Phi) is 1.09. The molecule has 0 bridgehead atoms. The first-order valence-corrected chi connectivity index (χ1v) is 3.21. The second kappa shape index (κ2) is 1.95. The second-order valence-electron chi connectivity index (χ2n) is 2.32. The highest BCUT2D eigenvalue weighted by molar-refractivity contribution is 5.94. The molecule has 0 amide bonds. The van der Waals surface area contributed by atoms with Crippen molar-refractivity contribution >= 4 is 5.90 Å². The average molecular weight is 150 g/mol. The predicted octanol–water partition coefficient (Wildman–Crippen LogP) is 0.230. The van der Waals surface area contributed by atoms with Crippen LogP contribution in [-0.2, 0) is 11.3 Å². The predicted molar refractivity (Wildman–Crippen MR) is 38.7 cm³/mol. The molecular formula is C7H6N2O2. The van der Waals surface area contributed by atoms with Crippen LogP contribution in [0.4, 0.5) is 0 Å². The SMILES string of the molecule is N=C1OCc2cc[nH]c(=O)c21. The minimum absolute atomic E-state index is 0.0261. The highest BCUT2D eigenvalue weighted by atomic mass is 16.5. The topological polar surface area (TPSA) is 65.9 Å². The minimum atomic E-state index is -0.245. The summed E-state index contributed by atoms with van der Waals surface area (Å²) in [6.45, 7) is 0.345. The van der Waals surface area contributed by atoms with E-state index in [0.717, 1.165) is 5.56 Å². The van der Waals surface area contributed by atoms with Gasteiger partial charge in [0.05, 0.1) is 0 Å². The monoisotopic (exact) mass is 150 g/mol. The molecule has 0 unspecified atom stereocenters. The summed E-state index contributed by atoms with van der Waals surface area (Å²) in [5.41, 5.74) is 0.913. The smallest absolute Gasteiger partial charge is 0.261 e. The van der Waals surface area contributed by atoms with Crippen LogP contribution < -0.4 is 5.56 Å². The van der Waals surface area contributed by atoms with Crippen molar-refractivity contribution in [2.45, 2.75) is 6.61 Å². The minimum Gasteiger partial charge on any atom is -0.473 e. The van der Waals surface area contributed by atoms with Crippen molar-refractivity contribution in [3.63, 3.8) is 0 Å². The molecule has 2 heterocycles. The number of pyridine rings is 1. The van der Waals surface area contributed by atoms with E-state index in [1.165, 1.54) is 0 Å². The Morgan fingerprint density at radius 1 is 1.64 bits per heavy atom. The van der Waals surface area contributed by atoms with Crippen LogP contribution >= 0.6 is 0 Å². The normalized spacial score (nSPS) is 14.4. The molecule has 0 atom stereocenters. The van der Waals surface area contributed by atoms with E-state index >= 15 is 0 Å². The number of aromatic amines is 1. The van der Waals surface area contributed by atoms with Gasteiger partial charge in [0, 0.05) is 11.8 Å². The third-order valence-corrected chi connectivity index (χ3v) is 1.65. The Morgan fingerprint density at radius 2 is 2.45 bits per heavy atom. The van der Waals surface area contributed by atoms with Crippen molar-refractivity contribution in [3.05, 3.63) is 33.7 Å². The van der Waals surface area contributed by atoms with Gasteiger partial charge in [0.15, 0.2) is 0 Å². The zero-order chi connectivity index (χ0) is 7.84. The van der Waals surface area contributed by atoms with Gasteiger partial charge in [0.1, 0.15) is 12.2 Å². The highest BCUT2D eigenvalue weighted by Gasteiger charge is 2.20. The van der Waals surface area contributed by atoms with Gasteiger partial charge in [-0.05, 0) is 6.07 Å².